The van der Waals surface area contributed by atoms with E-state index in [0.717, 1.165) is 25.8 Å². The number of aromatic nitrogens is 1. The highest BCUT2D eigenvalue weighted by atomic mass is 79.9. The van der Waals surface area contributed by atoms with Crippen molar-refractivity contribution in [1.82, 2.24) is 0 Å². The van der Waals surface area contributed by atoms with Gasteiger partial charge in [0.25, 0.3) is 0 Å². The summed E-state index contributed by atoms with van der Waals surface area (Å²) in [5.74, 6) is -0.700. The number of unbranched alkanes of at least 4 members (excludes halogenated alkanes) is 2. The van der Waals surface area contributed by atoms with Crippen LogP contribution in [0.1, 0.15) is 36.8 Å². The van der Waals surface area contributed by atoms with Gasteiger partial charge in [0.15, 0.2) is 6.20 Å². The quantitative estimate of drug-likeness (QED) is 0.604. The highest BCUT2D eigenvalue weighted by molar-refractivity contribution is 5.79. The van der Waals surface area contributed by atoms with Crippen molar-refractivity contribution in [2.24, 2.45) is 0 Å². The van der Waals surface area contributed by atoms with Crippen molar-refractivity contribution in [1.29, 1.82) is 0 Å². The Morgan fingerprint density at radius 2 is 1.90 bits per heavy atom. The first-order chi connectivity index (χ1) is 9.58. The van der Waals surface area contributed by atoms with Crippen molar-refractivity contribution in [3.05, 3.63) is 41.6 Å². The Morgan fingerprint density at radius 3 is 2.62 bits per heavy atom. The summed E-state index contributed by atoms with van der Waals surface area (Å²) >= 11 is 0. The molecule has 0 saturated carbocycles. The van der Waals surface area contributed by atoms with Crippen LogP contribution in [0.5, 0.6) is 0 Å². The van der Waals surface area contributed by atoms with Gasteiger partial charge in [-0.3, -0.25) is 4.79 Å². The third-order valence-corrected chi connectivity index (χ3v) is 3.68. The SMILES string of the molecule is Cc1ccc2c(c1)c(C)cc[n+]2CCCCCC(=O)O.[Br-]. The molecule has 0 amide bonds. The van der Waals surface area contributed by atoms with Crippen LogP contribution in [-0.2, 0) is 11.3 Å². The second kappa shape index (κ2) is 8.13. The van der Waals surface area contributed by atoms with Crippen molar-refractivity contribution < 1.29 is 31.4 Å². The fraction of sp³-hybridized carbons (Fsp3) is 0.412. The van der Waals surface area contributed by atoms with Crippen LogP contribution in [-0.4, -0.2) is 11.1 Å². The summed E-state index contributed by atoms with van der Waals surface area (Å²) in [6, 6.07) is 8.70. The molecule has 2 aromatic rings. The van der Waals surface area contributed by atoms with Crippen LogP contribution in [0.25, 0.3) is 10.9 Å². The van der Waals surface area contributed by atoms with Crippen LogP contribution >= 0.6 is 0 Å². The molecule has 0 aliphatic rings. The third kappa shape index (κ3) is 4.81. The molecule has 0 fully saturated rings. The minimum atomic E-state index is -0.700. The monoisotopic (exact) mass is 351 g/mol. The summed E-state index contributed by atoms with van der Waals surface area (Å²) in [6.45, 7) is 5.19. The number of aryl methyl sites for hydroxylation is 3. The normalized spacial score (nSPS) is 10.4. The summed E-state index contributed by atoms with van der Waals surface area (Å²) in [7, 11) is 0. The van der Waals surface area contributed by atoms with E-state index in [1.165, 1.54) is 22.0 Å². The molecule has 1 N–H and O–H groups in total. The minimum Gasteiger partial charge on any atom is -1.00 e. The summed E-state index contributed by atoms with van der Waals surface area (Å²) in [5.41, 5.74) is 3.83. The van der Waals surface area contributed by atoms with Crippen LogP contribution in [0.4, 0.5) is 0 Å². The van der Waals surface area contributed by atoms with Crippen molar-refractivity contribution in [3.63, 3.8) is 0 Å². The van der Waals surface area contributed by atoms with Crippen LogP contribution in [0.15, 0.2) is 30.5 Å². The van der Waals surface area contributed by atoms with E-state index in [1.807, 2.05) is 0 Å². The number of hydrogen-bond acceptors (Lipinski definition) is 1. The predicted molar refractivity (Wildman–Crippen MR) is 79.7 cm³/mol. The second-order valence-electron chi connectivity index (χ2n) is 5.42. The molecule has 0 atom stereocenters. The lowest BCUT2D eigenvalue weighted by Crippen LogP contribution is -3.00. The Labute approximate surface area is 136 Å². The number of benzene rings is 1. The molecule has 0 unspecified atom stereocenters. The van der Waals surface area contributed by atoms with Crippen molar-refractivity contribution in [3.8, 4) is 0 Å². The lowest BCUT2D eigenvalue weighted by molar-refractivity contribution is -0.671. The number of aliphatic carboxylic acids is 1. The van der Waals surface area contributed by atoms with Crippen molar-refractivity contribution >= 4 is 16.9 Å². The van der Waals surface area contributed by atoms with Gasteiger partial charge in [0.1, 0.15) is 6.54 Å². The summed E-state index contributed by atoms with van der Waals surface area (Å²) in [5, 5.41) is 9.93. The molecule has 114 valence electrons. The third-order valence-electron chi connectivity index (χ3n) is 3.68. The topological polar surface area (TPSA) is 41.2 Å². The zero-order valence-electron chi connectivity index (χ0n) is 12.6. The van der Waals surface area contributed by atoms with Crippen LogP contribution in [0.2, 0.25) is 0 Å². The molecule has 21 heavy (non-hydrogen) atoms. The molecule has 0 aliphatic heterocycles. The predicted octanol–water partition coefficient (Wildman–Crippen LogP) is 0.393. The first kappa shape index (κ1) is 17.6. The molecule has 1 heterocycles. The lowest BCUT2D eigenvalue weighted by Gasteiger charge is -2.05. The summed E-state index contributed by atoms with van der Waals surface area (Å²) < 4.78 is 2.27. The van der Waals surface area contributed by atoms with Gasteiger partial charge < -0.3 is 22.1 Å². The maximum Gasteiger partial charge on any atom is 0.303 e. The smallest absolute Gasteiger partial charge is 0.303 e. The van der Waals surface area contributed by atoms with Gasteiger partial charge in [0.05, 0.1) is 0 Å². The van der Waals surface area contributed by atoms with E-state index in [-0.39, 0.29) is 23.4 Å². The number of pyridine rings is 1. The molecule has 0 spiro atoms. The van der Waals surface area contributed by atoms with Crippen LogP contribution in [0, 0.1) is 13.8 Å². The van der Waals surface area contributed by atoms with Gasteiger partial charge in [-0.05, 0) is 38.3 Å². The van der Waals surface area contributed by atoms with E-state index in [4.69, 9.17) is 5.11 Å². The van der Waals surface area contributed by atoms with Crippen molar-refractivity contribution in [2.45, 2.75) is 46.1 Å². The van der Waals surface area contributed by atoms with Crippen LogP contribution < -0.4 is 21.5 Å². The Hall–Kier alpha value is -1.42. The first-order valence-electron chi connectivity index (χ1n) is 7.19. The van der Waals surface area contributed by atoms with Gasteiger partial charge in [-0.15, -0.1) is 0 Å². The molecule has 0 radical (unpaired) electrons. The maximum atomic E-state index is 10.5. The molecule has 0 saturated heterocycles. The minimum absolute atomic E-state index is 0. The molecule has 1 aromatic heterocycles. The Bertz CT molecular complexity index is 625. The number of nitrogens with zero attached hydrogens (tertiary/aromatic N) is 1. The van der Waals surface area contributed by atoms with Gasteiger partial charge in [-0.1, -0.05) is 11.6 Å². The number of halogens is 1. The molecular weight excluding hydrogens is 330 g/mol. The van der Waals surface area contributed by atoms with E-state index in [9.17, 15) is 4.79 Å². The number of carboxylic acid groups (broad SMARTS) is 1. The Balaban J connectivity index is 0.00000220. The van der Waals surface area contributed by atoms with Gasteiger partial charge in [-0.25, -0.2) is 0 Å². The highest BCUT2D eigenvalue weighted by Gasteiger charge is 2.10. The summed E-state index contributed by atoms with van der Waals surface area (Å²) in [4.78, 5) is 10.5. The molecule has 4 heteroatoms. The van der Waals surface area contributed by atoms with E-state index in [1.54, 1.807) is 0 Å². The maximum absolute atomic E-state index is 10.5. The number of fused-ring (bicyclic) bond motifs is 1. The highest BCUT2D eigenvalue weighted by Crippen LogP contribution is 2.16. The molecule has 2 rings (SSSR count). The van der Waals surface area contributed by atoms with Gasteiger partial charge in [-0.2, -0.15) is 4.57 Å². The molecular formula is C17H22BrNO2. The fourth-order valence-corrected chi connectivity index (χ4v) is 2.52. The lowest BCUT2D eigenvalue weighted by atomic mass is 10.1. The van der Waals surface area contributed by atoms with Crippen LogP contribution in [0.3, 0.4) is 0 Å². The summed E-state index contributed by atoms with van der Waals surface area (Å²) in [6.07, 6.45) is 5.14. The van der Waals surface area contributed by atoms with E-state index >= 15 is 0 Å². The Kier molecular flexibility index (Phi) is 6.82. The average Bonchev–Trinajstić information content (AvgIpc) is 2.41. The Morgan fingerprint density at radius 1 is 1.14 bits per heavy atom. The van der Waals surface area contributed by atoms with Crippen molar-refractivity contribution in [2.75, 3.05) is 0 Å². The standard InChI is InChI=1S/C17H21NO2.BrH/c1-13-7-8-16-15(12-13)14(2)9-11-18(16)10-5-3-4-6-17(19)20;/h7-9,11-12H,3-6,10H2,1-2H3;1H. The molecule has 3 nitrogen and oxygen atoms in total. The first-order valence-corrected chi connectivity index (χ1v) is 7.19. The van der Waals surface area contributed by atoms with E-state index in [2.05, 4.69) is 48.9 Å². The number of rotatable bonds is 6. The van der Waals surface area contributed by atoms with E-state index < -0.39 is 5.97 Å². The molecule has 0 aliphatic carbocycles. The zero-order valence-corrected chi connectivity index (χ0v) is 14.2. The number of carboxylic acids is 1. The van der Waals surface area contributed by atoms with Gasteiger partial charge in [0.2, 0.25) is 5.52 Å². The average molecular weight is 352 g/mol. The second-order valence-corrected chi connectivity index (χ2v) is 5.42. The fourth-order valence-electron chi connectivity index (χ4n) is 2.52. The zero-order chi connectivity index (χ0) is 14.5. The van der Waals surface area contributed by atoms with E-state index in [0.29, 0.717) is 0 Å². The largest absolute Gasteiger partial charge is 1.00 e. The number of hydrogen-bond donors (Lipinski definition) is 1. The van der Waals surface area contributed by atoms with Gasteiger partial charge in [0, 0.05) is 30.4 Å². The molecule has 0 bridgehead atoms. The van der Waals surface area contributed by atoms with Gasteiger partial charge >= 0.3 is 5.97 Å². The number of carbonyl (C=O) groups is 1. The molecule has 1 aromatic carbocycles.